The van der Waals surface area contributed by atoms with Crippen molar-refractivity contribution >= 4 is 29.0 Å². The quantitative estimate of drug-likeness (QED) is 0.0997. The molecule has 4 aliphatic carbocycles. The van der Waals surface area contributed by atoms with Gasteiger partial charge in [0.05, 0.1) is 23.1 Å². The van der Waals surface area contributed by atoms with Crippen molar-refractivity contribution in [3.63, 3.8) is 0 Å². The third-order valence-electron chi connectivity index (χ3n) is 17.2. The lowest BCUT2D eigenvalue weighted by Crippen LogP contribution is -2.42. The molecule has 1 saturated carbocycles. The molecule has 0 spiro atoms. The average molecular weight is 1000 g/mol. The van der Waals surface area contributed by atoms with Crippen LogP contribution in [0, 0.1) is 11.2 Å². The zero-order valence-corrected chi connectivity index (χ0v) is 41.4. The van der Waals surface area contributed by atoms with E-state index in [-0.39, 0.29) is 48.8 Å². The number of allylic oxidation sites excluding steroid dienone is 2. The lowest BCUT2D eigenvalue weighted by atomic mass is 9.55. The van der Waals surface area contributed by atoms with E-state index < -0.39 is 40.9 Å². The van der Waals surface area contributed by atoms with Gasteiger partial charge in [0, 0.05) is 89.4 Å². The summed E-state index contributed by atoms with van der Waals surface area (Å²) >= 11 is 0. The minimum atomic E-state index is -4.60. The number of aromatic amines is 1. The Kier molecular flexibility index (Phi) is 12.4. The van der Waals surface area contributed by atoms with E-state index in [2.05, 4.69) is 77.5 Å². The molecule has 3 unspecified atom stereocenters. The largest absolute Gasteiger partial charge is 0.416 e. The molecule has 1 aliphatic heterocycles. The van der Waals surface area contributed by atoms with Gasteiger partial charge in [0.15, 0.2) is 0 Å². The Hall–Kier alpha value is -6.53. The van der Waals surface area contributed by atoms with E-state index in [9.17, 15) is 18.3 Å². The maximum Gasteiger partial charge on any atom is 0.416 e. The first-order valence-corrected chi connectivity index (χ1v) is 26.5. The molecule has 3 atom stereocenters. The fourth-order valence-electron chi connectivity index (χ4n) is 13.6. The Labute approximate surface area is 427 Å². The summed E-state index contributed by atoms with van der Waals surface area (Å²) in [5, 5.41) is 13.6. The van der Waals surface area contributed by atoms with Crippen LogP contribution in [0.3, 0.4) is 0 Å². The number of nitrogens with zero attached hydrogens (tertiary/aromatic N) is 4. The van der Waals surface area contributed by atoms with Gasteiger partial charge in [-0.3, -0.25) is 4.98 Å². The zero-order chi connectivity index (χ0) is 50.9. The predicted octanol–water partition coefficient (Wildman–Crippen LogP) is 15.8. The van der Waals surface area contributed by atoms with Crippen molar-refractivity contribution in [1.29, 1.82) is 0 Å². The SMILES string of the molecule is CCCCCc1cnc(N2CCC(c3nc4c(c(C5CCC(F)(F)CC5)c3-c3[nH]c5cccc(F)c5c3-c3ccc(C(F)(F)F)cc3)C(O)CC(C3C=Cc5ccccc53)(C3C=Cc5ccccc53)C4)CC2)nc1. The summed E-state index contributed by atoms with van der Waals surface area (Å²) in [5.74, 6) is -3.64. The van der Waals surface area contributed by atoms with Gasteiger partial charge in [0.2, 0.25) is 11.9 Å². The number of benzene rings is 4. The van der Waals surface area contributed by atoms with Gasteiger partial charge in [0.1, 0.15) is 5.82 Å². The maximum atomic E-state index is 16.6. The number of aryl methyl sites for hydroxylation is 1. The molecule has 4 aromatic carbocycles. The second-order valence-electron chi connectivity index (χ2n) is 21.6. The fraction of sp³-hybridized carbons (Fsp3) is 0.371. The van der Waals surface area contributed by atoms with Crippen LogP contribution in [0.4, 0.5) is 32.3 Å². The lowest BCUT2D eigenvalue weighted by molar-refractivity contribution is -0.137. The zero-order valence-electron chi connectivity index (χ0n) is 41.4. The van der Waals surface area contributed by atoms with Gasteiger partial charge in [0.25, 0.3) is 0 Å². The lowest BCUT2D eigenvalue weighted by Gasteiger charge is -2.49. The number of unbranched alkanes of at least 4 members (excludes halogenated alkanes) is 2. The van der Waals surface area contributed by atoms with E-state index in [0.29, 0.717) is 78.2 Å². The summed E-state index contributed by atoms with van der Waals surface area (Å²) in [5.41, 5.74) is 9.30. The predicted molar refractivity (Wildman–Crippen MR) is 280 cm³/mol. The highest BCUT2D eigenvalue weighted by Crippen LogP contribution is 2.63. The number of aromatic nitrogens is 4. The molecular formula is C62H59F6N5O. The van der Waals surface area contributed by atoms with Crippen LogP contribution in [0.5, 0.6) is 0 Å². The van der Waals surface area contributed by atoms with E-state index in [1.165, 1.54) is 29.3 Å². The number of pyridine rings is 1. The molecule has 5 aliphatic rings. The summed E-state index contributed by atoms with van der Waals surface area (Å²) < 4.78 is 89.8. The Morgan fingerprint density at radius 1 is 0.743 bits per heavy atom. The third-order valence-corrected chi connectivity index (χ3v) is 17.2. The van der Waals surface area contributed by atoms with Crippen LogP contribution in [0.2, 0.25) is 0 Å². The number of hydrogen-bond acceptors (Lipinski definition) is 5. The molecule has 0 bridgehead atoms. The summed E-state index contributed by atoms with van der Waals surface area (Å²) in [7, 11) is 0. The van der Waals surface area contributed by atoms with E-state index in [1.807, 2.05) is 24.5 Å². The molecule has 4 heterocycles. The molecule has 3 aromatic heterocycles. The van der Waals surface area contributed by atoms with Crippen molar-refractivity contribution < 1.29 is 31.4 Å². The van der Waals surface area contributed by atoms with Crippen LogP contribution in [-0.4, -0.2) is 44.1 Å². The molecule has 6 nitrogen and oxygen atoms in total. The standard InChI is InChI=1S/C62H59F6N5O/c1-2-3-4-10-37-35-69-59(70-36-37)73-31-27-42(28-32-73)57-56(58-53(54-48(63)15-9-16-49(54)71-58)40-17-21-43(22-18-40)62(66,67)68)52(41-25-29-61(64,65)30-26-41)55-50(72-57)33-60(34-51(55)74,46-23-19-38-11-5-7-13-44(38)46)47-24-20-39-12-6-8-14-45(39)47/h5-9,11-24,35-36,41-42,46-47,51,71,74H,2-4,10,25-34H2,1H3. The number of piperidine rings is 1. The first-order valence-electron chi connectivity index (χ1n) is 26.5. The van der Waals surface area contributed by atoms with Crippen LogP contribution < -0.4 is 4.90 Å². The van der Waals surface area contributed by atoms with Gasteiger partial charge < -0.3 is 15.0 Å². The van der Waals surface area contributed by atoms with Crippen LogP contribution >= 0.6 is 0 Å². The molecule has 12 rings (SSSR count). The Morgan fingerprint density at radius 2 is 1.39 bits per heavy atom. The highest BCUT2D eigenvalue weighted by molar-refractivity contribution is 6.05. The topological polar surface area (TPSA) is 77.9 Å². The fourth-order valence-corrected chi connectivity index (χ4v) is 13.6. The molecule has 380 valence electrons. The Bertz CT molecular complexity index is 3220. The van der Waals surface area contributed by atoms with Gasteiger partial charge in [-0.15, -0.1) is 0 Å². The normalized spacial score (nSPS) is 22.6. The first kappa shape index (κ1) is 48.4. The summed E-state index contributed by atoms with van der Waals surface area (Å²) in [6, 6.07) is 26.3. The molecule has 2 N–H and O–H groups in total. The minimum Gasteiger partial charge on any atom is -0.388 e. The van der Waals surface area contributed by atoms with Crippen LogP contribution in [0.1, 0.15) is 157 Å². The number of fused-ring (bicyclic) bond motifs is 4. The van der Waals surface area contributed by atoms with Gasteiger partial charge in [-0.25, -0.2) is 23.1 Å². The van der Waals surface area contributed by atoms with Crippen LogP contribution in [-0.2, 0) is 19.0 Å². The highest BCUT2D eigenvalue weighted by Gasteiger charge is 2.54. The molecule has 7 aromatic rings. The average Bonchev–Trinajstić information content (AvgIpc) is 4.20. The molecule has 0 radical (unpaired) electrons. The Morgan fingerprint density at radius 3 is 2.03 bits per heavy atom. The van der Waals surface area contributed by atoms with Crippen molar-refractivity contribution in [3.05, 3.63) is 177 Å². The monoisotopic (exact) mass is 1000 g/mol. The summed E-state index contributed by atoms with van der Waals surface area (Å²) in [6.45, 7) is 3.37. The number of H-pyrrole nitrogens is 1. The number of alkyl halides is 5. The van der Waals surface area contributed by atoms with Crippen molar-refractivity contribution in [3.8, 4) is 22.4 Å². The first-order chi connectivity index (χ1) is 35.8. The second-order valence-corrected chi connectivity index (χ2v) is 21.6. The Balaban J connectivity index is 1.08. The summed E-state index contributed by atoms with van der Waals surface area (Å²) in [4.78, 5) is 21.2. The number of hydrogen-bond donors (Lipinski definition) is 2. The van der Waals surface area contributed by atoms with Gasteiger partial charge in [-0.05, 0) is 126 Å². The molecule has 1 saturated heterocycles. The van der Waals surface area contributed by atoms with E-state index in [4.69, 9.17) is 15.0 Å². The van der Waals surface area contributed by atoms with Crippen LogP contribution in [0.15, 0.2) is 116 Å². The number of rotatable bonds is 11. The number of aliphatic hydroxyl groups is 1. The van der Waals surface area contributed by atoms with Crippen molar-refractivity contribution in [2.45, 2.75) is 126 Å². The molecular weight excluding hydrogens is 945 g/mol. The third kappa shape index (κ3) is 8.54. The smallest absolute Gasteiger partial charge is 0.388 e. The van der Waals surface area contributed by atoms with Gasteiger partial charge in [-0.2, -0.15) is 13.2 Å². The molecule has 12 heteroatoms. The van der Waals surface area contributed by atoms with Gasteiger partial charge in [-0.1, -0.05) is 111 Å². The summed E-state index contributed by atoms with van der Waals surface area (Å²) in [6.07, 6.45) is 13.0. The number of anilines is 1. The highest BCUT2D eigenvalue weighted by atomic mass is 19.4. The van der Waals surface area contributed by atoms with E-state index >= 15 is 13.2 Å². The van der Waals surface area contributed by atoms with Crippen molar-refractivity contribution in [1.82, 2.24) is 19.9 Å². The second kappa shape index (κ2) is 19.0. The molecule has 2 fully saturated rings. The minimum absolute atomic E-state index is 0.103. The number of aliphatic hydroxyl groups excluding tert-OH is 1. The molecule has 0 amide bonds. The van der Waals surface area contributed by atoms with Crippen molar-refractivity contribution in [2.75, 3.05) is 18.0 Å². The maximum absolute atomic E-state index is 16.6. The van der Waals surface area contributed by atoms with Crippen molar-refractivity contribution in [2.24, 2.45) is 5.41 Å². The van der Waals surface area contributed by atoms with E-state index in [1.54, 1.807) is 12.1 Å². The van der Waals surface area contributed by atoms with Gasteiger partial charge >= 0.3 is 6.18 Å². The molecule has 74 heavy (non-hydrogen) atoms. The number of nitrogens with one attached hydrogen (secondary N) is 1. The number of halogens is 6. The van der Waals surface area contributed by atoms with E-state index in [0.717, 1.165) is 71.5 Å². The van der Waals surface area contributed by atoms with Crippen LogP contribution in [0.25, 0.3) is 45.4 Å².